The van der Waals surface area contributed by atoms with E-state index in [1.54, 1.807) is 4.68 Å². The fraction of sp³-hybridized carbons (Fsp3) is 0.500. The summed E-state index contributed by atoms with van der Waals surface area (Å²) in [4.78, 5) is 27.5. The summed E-state index contributed by atoms with van der Waals surface area (Å²) in [5, 5.41) is 11.3. The molecule has 0 unspecified atom stereocenters. The molecule has 8 heteroatoms. The van der Waals surface area contributed by atoms with Crippen molar-refractivity contribution in [2.75, 3.05) is 36.0 Å². The van der Waals surface area contributed by atoms with E-state index in [0.717, 1.165) is 36.2 Å². The van der Waals surface area contributed by atoms with Crippen LogP contribution in [0.5, 0.6) is 0 Å². The zero-order chi connectivity index (χ0) is 18.5. The van der Waals surface area contributed by atoms with Crippen LogP contribution >= 0.6 is 0 Å². The van der Waals surface area contributed by atoms with Gasteiger partial charge in [0.1, 0.15) is 0 Å². The Kier molecular flexibility index (Phi) is 3.87. The van der Waals surface area contributed by atoms with Gasteiger partial charge in [0.2, 0.25) is 5.91 Å². The Morgan fingerprint density at radius 1 is 1.19 bits per heavy atom. The number of benzene rings is 1. The van der Waals surface area contributed by atoms with Crippen LogP contribution in [0.4, 0.5) is 16.3 Å². The first-order valence-corrected chi connectivity index (χ1v) is 8.92. The van der Waals surface area contributed by atoms with E-state index >= 15 is 0 Å². The van der Waals surface area contributed by atoms with Gasteiger partial charge in [-0.1, -0.05) is 0 Å². The van der Waals surface area contributed by atoms with Gasteiger partial charge in [0, 0.05) is 56.3 Å². The molecule has 2 aromatic rings. The zero-order valence-corrected chi connectivity index (χ0v) is 15.4. The topological polar surface area (TPSA) is 82.5 Å². The van der Waals surface area contributed by atoms with Crippen molar-refractivity contribution >= 4 is 34.3 Å². The number of aromatic nitrogens is 2. The molecule has 2 aliphatic heterocycles. The first kappa shape index (κ1) is 16.8. The van der Waals surface area contributed by atoms with E-state index in [2.05, 4.69) is 46.6 Å². The number of amides is 3. The molecule has 0 aliphatic carbocycles. The molecular weight excluding hydrogens is 332 g/mol. The fourth-order valence-electron chi connectivity index (χ4n) is 3.75. The number of imide groups is 1. The molecule has 2 aliphatic rings. The van der Waals surface area contributed by atoms with Gasteiger partial charge in [0.15, 0.2) is 5.82 Å². The normalized spacial score (nSPS) is 20.6. The highest BCUT2D eigenvalue weighted by Gasteiger charge is 2.29. The lowest BCUT2D eigenvalue weighted by Gasteiger charge is -2.40. The van der Waals surface area contributed by atoms with Crippen LogP contribution < -0.4 is 20.4 Å². The number of hydrogen-bond acceptors (Lipinski definition) is 5. The minimum atomic E-state index is -0.408. The van der Waals surface area contributed by atoms with Gasteiger partial charge >= 0.3 is 6.03 Å². The van der Waals surface area contributed by atoms with Gasteiger partial charge in [-0.15, -0.1) is 0 Å². The minimum Gasteiger partial charge on any atom is -0.368 e. The molecule has 0 saturated carbocycles. The van der Waals surface area contributed by atoms with E-state index in [-0.39, 0.29) is 17.9 Å². The van der Waals surface area contributed by atoms with Gasteiger partial charge in [0.05, 0.1) is 5.52 Å². The Morgan fingerprint density at radius 2 is 2.00 bits per heavy atom. The van der Waals surface area contributed by atoms with E-state index in [4.69, 9.17) is 0 Å². The SMILES string of the molecule is Cn1nc(N2CCC(=O)NC2=O)c2ccc(N3CCNC(C)(C)C3)cc21. The van der Waals surface area contributed by atoms with E-state index in [0.29, 0.717) is 12.4 Å². The van der Waals surface area contributed by atoms with Crippen molar-refractivity contribution in [2.45, 2.75) is 25.8 Å². The van der Waals surface area contributed by atoms with Crippen molar-refractivity contribution in [1.82, 2.24) is 20.4 Å². The van der Waals surface area contributed by atoms with E-state index in [1.165, 1.54) is 4.90 Å². The molecule has 0 radical (unpaired) electrons. The van der Waals surface area contributed by atoms with Gasteiger partial charge < -0.3 is 10.2 Å². The van der Waals surface area contributed by atoms with Crippen LogP contribution in [-0.4, -0.2) is 53.4 Å². The van der Waals surface area contributed by atoms with Crippen LogP contribution in [0, 0.1) is 0 Å². The van der Waals surface area contributed by atoms with Crippen molar-refractivity contribution in [2.24, 2.45) is 7.05 Å². The van der Waals surface area contributed by atoms with Crippen molar-refractivity contribution in [3.8, 4) is 0 Å². The number of nitrogens with zero attached hydrogens (tertiary/aromatic N) is 4. The van der Waals surface area contributed by atoms with Crippen molar-refractivity contribution in [3.63, 3.8) is 0 Å². The van der Waals surface area contributed by atoms with Crippen LogP contribution in [0.25, 0.3) is 10.9 Å². The summed E-state index contributed by atoms with van der Waals surface area (Å²) in [6.45, 7) is 7.59. The Balaban J connectivity index is 1.69. The third-order valence-corrected chi connectivity index (χ3v) is 5.06. The predicted molar refractivity (Wildman–Crippen MR) is 101 cm³/mol. The molecule has 2 fully saturated rings. The average molecular weight is 356 g/mol. The molecule has 138 valence electrons. The lowest BCUT2D eigenvalue weighted by Crippen LogP contribution is -2.57. The van der Waals surface area contributed by atoms with Crippen molar-refractivity contribution in [1.29, 1.82) is 0 Å². The molecule has 0 atom stereocenters. The van der Waals surface area contributed by atoms with Crippen molar-refractivity contribution < 1.29 is 9.59 Å². The highest BCUT2D eigenvalue weighted by atomic mass is 16.2. The number of rotatable bonds is 2. The summed E-state index contributed by atoms with van der Waals surface area (Å²) < 4.78 is 1.80. The number of nitrogens with one attached hydrogen (secondary N) is 2. The number of carbonyl (C=O) groups excluding carboxylic acids is 2. The highest BCUT2D eigenvalue weighted by molar-refractivity contribution is 6.09. The Hall–Kier alpha value is -2.61. The number of urea groups is 1. The predicted octanol–water partition coefficient (Wildman–Crippen LogP) is 1.21. The third-order valence-electron chi connectivity index (χ3n) is 5.06. The lowest BCUT2D eigenvalue weighted by molar-refractivity contribution is -0.120. The average Bonchev–Trinajstić information content (AvgIpc) is 2.90. The minimum absolute atomic E-state index is 0.0727. The number of aryl methyl sites for hydroxylation is 1. The van der Waals surface area contributed by atoms with Crippen molar-refractivity contribution in [3.05, 3.63) is 18.2 Å². The summed E-state index contributed by atoms with van der Waals surface area (Å²) in [5.74, 6) is 0.356. The third kappa shape index (κ3) is 2.90. The molecular formula is C18H24N6O2. The maximum atomic E-state index is 12.2. The molecule has 0 spiro atoms. The summed E-state index contributed by atoms with van der Waals surface area (Å²) in [6.07, 6.45) is 0.289. The van der Waals surface area contributed by atoms with Gasteiger partial charge in [-0.05, 0) is 32.0 Å². The highest BCUT2D eigenvalue weighted by Crippen LogP contribution is 2.31. The monoisotopic (exact) mass is 356 g/mol. The molecule has 8 nitrogen and oxygen atoms in total. The standard InChI is InChI=1S/C18H24N6O2/c1-18(2)11-23(9-7-19-18)12-4-5-13-14(10-12)22(3)21-16(13)24-8-6-15(25)20-17(24)26/h4-5,10,19H,6-9,11H2,1-3H3,(H,20,25,26). The largest absolute Gasteiger partial charge is 0.368 e. The summed E-state index contributed by atoms with van der Waals surface area (Å²) in [5.41, 5.74) is 2.20. The first-order valence-electron chi connectivity index (χ1n) is 8.92. The summed E-state index contributed by atoms with van der Waals surface area (Å²) >= 11 is 0. The second kappa shape index (κ2) is 5.98. The first-order chi connectivity index (χ1) is 12.3. The number of fused-ring (bicyclic) bond motifs is 1. The van der Waals surface area contributed by atoms with E-state index in [1.807, 2.05) is 13.1 Å². The van der Waals surface area contributed by atoms with E-state index < -0.39 is 6.03 Å². The number of carbonyl (C=O) groups is 2. The van der Waals surface area contributed by atoms with Gasteiger partial charge in [-0.25, -0.2) is 4.79 Å². The summed E-state index contributed by atoms with van der Waals surface area (Å²) in [6, 6.07) is 5.82. The zero-order valence-electron chi connectivity index (χ0n) is 15.4. The quantitative estimate of drug-likeness (QED) is 0.845. The molecule has 4 rings (SSSR count). The maximum Gasteiger partial charge on any atom is 0.329 e. The van der Waals surface area contributed by atoms with Gasteiger partial charge in [-0.3, -0.25) is 19.7 Å². The number of piperazine rings is 1. The summed E-state index contributed by atoms with van der Waals surface area (Å²) in [7, 11) is 1.88. The lowest BCUT2D eigenvalue weighted by atomic mass is 10.0. The molecule has 0 bridgehead atoms. The van der Waals surface area contributed by atoms with Crippen LogP contribution in [-0.2, 0) is 11.8 Å². The molecule has 1 aromatic carbocycles. The van der Waals surface area contributed by atoms with Crippen LogP contribution in [0.15, 0.2) is 18.2 Å². The van der Waals surface area contributed by atoms with E-state index in [9.17, 15) is 9.59 Å². The maximum absolute atomic E-state index is 12.2. The smallest absolute Gasteiger partial charge is 0.329 e. The van der Waals surface area contributed by atoms with Crippen LogP contribution in [0.3, 0.4) is 0 Å². The second-order valence-corrected chi connectivity index (χ2v) is 7.64. The molecule has 3 amide bonds. The Bertz CT molecular complexity index is 887. The Morgan fingerprint density at radius 3 is 2.73 bits per heavy atom. The molecule has 3 heterocycles. The van der Waals surface area contributed by atoms with Crippen LogP contribution in [0.1, 0.15) is 20.3 Å². The fourth-order valence-corrected chi connectivity index (χ4v) is 3.75. The van der Waals surface area contributed by atoms with Gasteiger partial charge in [0.25, 0.3) is 0 Å². The van der Waals surface area contributed by atoms with Crippen LogP contribution in [0.2, 0.25) is 0 Å². The number of anilines is 2. The Labute approximate surface area is 152 Å². The molecule has 2 saturated heterocycles. The molecule has 2 N–H and O–H groups in total. The van der Waals surface area contributed by atoms with Gasteiger partial charge in [-0.2, -0.15) is 5.10 Å². The number of hydrogen-bond donors (Lipinski definition) is 2. The molecule has 1 aromatic heterocycles. The second-order valence-electron chi connectivity index (χ2n) is 7.64. The molecule has 26 heavy (non-hydrogen) atoms.